The smallest absolute Gasteiger partial charge is 0.163 e. The van der Waals surface area contributed by atoms with Gasteiger partial charge in [0.1, 0.15) is 16.5 Å². The average Bonchev–Trinajstić information content (AvgIpc) is 2.72. The number of hydrogen-bond donors (Lipinski definition) is 1. The molecule has 0 bridgehead atoms. The van der Waals surface area contributed by atoms with Crippen LogP contribution in [-0.2, 0) is 0 Å². The van der Waals surface area contributed by atoms with E-state index in [2.05, 4.69) is 4.98 Å². The Hall–Kier alpha value is -1.13. The van der Waals surface area contributed by atoms with Crippen molar-refractivity contribution in [1.82, 2.24) is 4.98 Å². The van der Waals surface area contributed by atoms with Crippen molar-refractivity contribution < 1.29 is 9.52 Å². The Kier molecular flexibility index (Phi) is 2.16. The van der Waals surface area contributed by atoms with Crippen molar-refractivity contribution in [3.05, 3.63) is 40.2 Å². The van der Waals surface area contributed by atoms with Crippen LogP contribution in [0.25, 0.3) is 0 Å². The van der Waals surface area contributed by atoms with Crippen molar-refractivity contribution in [2.75, 3.05) is 0 Å². The molecule has 68 valence electrons. The molecule has 13 heavy (non-hydrogen) atoms. The predicted octanol–water partition coefficient (Wildman–Crippen LogP) is 2.13. The van der Waals surface area contributed by atoms with Crippen molar-refractivity contribution in [2.45, 2.75) is 13.0 Å². The number of rotatable bonds is 2. The Labute approximate surface area is 79.7 Å². The molecule has 2 rings (SSSR count). The molecule has 0 saturated carbocycles. The highest BCUT2D eigenvalue weighted by Crippen LogP contribution is 2.24. The molecular formula is C9H9NO2S. The van der Waals surface area contributed by atoms with Crippen LogP contribution in [0, 0.1) is 6.92 Å². The van der Waals surface area contributed by atoms with Crippen LogP contribution in [0.5, 0.6) is 0 Å². The van der Waals surface area contributed by atoms with Crippen LogP contribution in [0.4, 0.5) is 0 Å². The molecule has 4 heteroatoms. The Balaban J connectivity index is 2.28. The van der Waals surface area contributed by atoms with Crippen molar-refractivity contribution >= 4 is 11.3 Å². The third-order valence-corrected chi connectivity index (χ3v) is 2.54. The van der Waals surface area contributed by atoms with Gasteiger partial charge in [-0.1, -0.05) is 0 Å². The molecule has 0 aromatic carbocycles. The maximum atomic E-state index is 9.75. The maximum Gasteiger partial charge on any atom is 0.163 e. The number of thiazole rings is 1. The van der Waals surface area contributed by atoms with Crippen LogP contribution in [0.3, 0.4) is 0 Å². The van der Waals surface area contributed by atoms with Gasteiger partial charge in [0.05, 0.1) is 0 Å². The summed E-state index contributed by atoms with van der Waals surface area (Å²) in [4.78, 5) is 4.01. The first-order valence-electron chi connectivity index (χ1n) is 3.91. The van der Waals surface area contributed by atoms with E-state index in [0.717, 1.165) is 5.76 Å². The summed E-state index contributed by atoms with van der Waals surface area (Å²) >= 11 is 1.41. The van der Waals surface area contributed by atoms with Gasteiger partial charge in [0.25, 0.3) is 0 Å². The van der Waals surface area contributed by atoms with Crippen molar-refractivity contribution in [2.24, 2.45) is 0 Å². The van der Waals surface area contributed by atoms with Crippen LogP contribution in [-0.4, -0.2) is 10.1 Å². The van der Waals surface area contributed by atoms with Crippen LogP contribution < -0.4 is 0 Å². The number of furan rings is 1. The van der Waals surface area contributed by atoms with Gasteiger partial charge >= 0.3 is 0 Å². The standard InChI is InChI=1S/C9H9NO2S/c1-6-2-3-7(12-6)8(11)9-10-4-5-13-9/h2-5,8,11H,1H3. The van der Waals surface area contributed by atoms with E-state index < -0.39 is 6.10 Å². The normalized spacial score (nSPS) is 13.1. The lowest BCUT2D eigenvalue weighted by atomic mass is 10.3. The third-order valence-electron chi connectivity index (χ3n) is 1.72. The summed E-state index contributed by atoms with van der Waals surface area (Å²) in [5.41, 5.74) is 0. The Morgan fingerprint density at radius 1 is 1.54 bits per heavy atom. The zero-order chi connectivity index (χ0) is 9.26. The van der Waals surface area contributed by atoms with E-state index in [1.165, 1.54) is 11.3 Å². The van der Waals surface area contributed by atoms with Crippen LogP contribution in [0.1, 0.15) is 22.6 Å². The topological polar surface area (TPSA) is 46.3 Å². The van der Waals surface area contributed by atoms with E-state index in [9.17, 15) is 5.11 Å². The molecule has 1 atom stereocenters. The highest BCUT2D eigenvalue weighted by Gasteiger charge is 2.15. The van der Waals surface area contributed by atoms with E-state index in [1.54, 1.807) is 12.3 Å². The second-order valence-electron chi connectivity index (χ2n) is 2.72. The summed E-state index contributed by atoms with van der Waals surface area (Å²) in [7, 11) is 0. The highest BCUT2D eigenvalue weighted by molar-refractivity contribution is 7.09. The quantitative estimate of drug-likeness (QED) is 0.798. The Bertz CT molecular complexity index is 380. The second kappa shape index (κ2) is 3.32. The minimum Gasteiger partial charge on any atom is -0.463 e. The molecule has 0 aliphatic heterocycles. The Morgan fingerprint density at radius 3 is 2.92 bits per heavy atom. The van der Waals surface area contributed by atoms with Crippen LogP contribution in [0.2, 0.25) is 0 Å². The molecule has 0 spiro atoms. The van der Waals surface area contributed by atoms with E-state index in [4.69, 9.17) is 4.42 Å². The van der Waals surface area contributed by atoms with E-state index >= 15 is 0 Å². The number of aryl methyl sites for hydroxylation is 1. The van der Waals surface area contributed by atoms with Crippen molar-refractivity contribution in [1.29, 1.82) is 0 Å². The number of aromatic nitrogens is 1. The van der Waals surface area contributed by atoms with Gasteiger partial charge in [-0.3, -0.25) is 0 Å². The largest absolute Gasteiger partial charge is 0.463 e. The van der Waals surface area contributed by atoms with Gasteiger partial charge in [0.15, 0.2) is 6.10 Å². The minimum atomic E-state index is -0.728. The van der Waals surface area contributed by atoms with Crippen LogP contribution in [0.15, 0.2) is 28.1 Å². The van der Waals surface area contributed by atoms with Gasteiger partial charge in [0, 0.05) is 11.6 Å². The minimum absolute atomic E-state index is 0.549. The fourth-order valence-electron chi connectivity index (χ4n) is 1.09. The second-order valence-corrected chi connectivity index (χ2v) is 3.65. The molecule has 0 amide bonds. The van der Waals surface area contributed by atoms with E-state index in [0.29, 0.717) is 10.8 Å². The first-order valence-corrected chi connectivity index (χ1v) is 4.79. The number of hydrogen-bond acceptors (Lipinski definition) is 4. The Morgan fingerprint density at radius 2 is 2.38 bits per heavy atom. The van der Waals surface area contributed by atoms with Gasteiger partial charge < -0.3 is 9.52 Å². The van der Waals surface area contributed by atoms with E-state index in [-0.39, 0.29) is 0 Å². The fourth-order valence-corrected chi connectivity index (χ4v) is 1.72. The van der Waals surface area contributed by atoms with Gasteiger partial charge in [-0.2, -0.15) is 0 Å². The zero-order valence-electron chi connectivity index (χ0n) is 7.10. The van der Waals surface area contributed by atoms with Gasteiger partial charge in [0.2, 0.25) is 0 Å². The first kappa shape index (κ1) is 8.47. The SMILES string of the molecule is Cc1ccc(C(O)c2nccs2)o1. The molecule has 2 heterocycles. The lowest BCUT2D eigenvalue weighted by Gasteiger charge is -2.02. The maximum absolute atomic E-state index is 9.75. The number of nitrogens with zero attached hydrogens (tertiary/aromatic N) is 1. The van der Waals surface area contributed by atoms with Crippen molar-refractivity contribution in [3.8, 4) is 0 Å². The average molecular weight is 195 g/mol. The van der Waals surface area contributed by atoms with Gasteiger partial charge in [-0.15, -0.1) is 11.3 Å². The van der Waals surface area contributed by atoms with Gasteiger partial charge in [-0.05, 0) is 19.1 Å². The molecule has 1 unspecified atom stereocenters. The van der Waals surface area contributed by atoms with Gasteiger partial charge in [-0.25, -0.2) is 4.98 Å². The van der Waals surface area contributed by atoms with Crippen molar-refractivity contribution in [3.63, 3.8) is 0 Å². The summed E-state index contributed by atoms with van der Waals surface area (Å²) in [6.45, 7) is 1.85. The number of aliphatic hydroxyl groups is 1. The highest BCUT2D eigenvalue weighted by atomic mass is 32.1. The number of aliphatic hydroxyl groups excluding tert-OH is 1. The lowest BCUT2D eigenvalue weighted by molar-refractivity contribution is 0.187. The summed E-state index contributed by atoms with van der Waals surface area (Å²) in [5, 5.41) is 12.2. The summed E-state index contributed by atoms with van der Waals surface area (Å²) < 4.78 is 5.29. The molecule has 3 nitrogen and oxygen atoms in total. The third kappa shape index (κ3) is 1.64. The lowest BCUT2D eigenvalue weighted by Crippen LogP contribution is -1.96. The zero-order valence-corrected chi connectivity index (χ0v) is 7.91. The summed E-state index contributed by atoms with van der Waals surface area (Å²) in [6, 6.07) is 3.59. The van der Waals surface area contributed by atoms with Crippen LogP contribution >= 0.6 is 11.3 Å². The van der Waals surface area contributed by atoms with E-state index in [1.807, 2.05) is 18.4 Å². The predicted molar refractivity (Wildman–Crippen MR) is 49.6 cm³/mol. The molecule has 0 aliphatic carbocycles. The monoisotopic (exact) mass is 195 g/mol. The molecular weight excluding hydrogens is 186 g/mol. The first-order chi connectivity index (χ1) is 6.27. The molecule has 2 aromatic rings. The molecule has 1 N–H and O–H groups in total. The molecule has 0 fully saturated rings. The molecule has 0 radical (unpaired) electrons. The summed E-state index contributed by atoms with van der Waals surface area (Å²) in [6.07, 6.45) is 0.938. The summed E-state index contributed by atoms with van der Waals surface area (Å²) in [5.74, 6) is 1.35. The molecule has 0 saturated heterocycles. The molecule has 2 aromatic heterocycles. The fraction of sp³-hybridized carbons (Fsp3) is 0.222. The molecule has 0 aliphatic rings.